The summed E-state index contributed by atoms with van der Waals surface area (Å²) in [5, 5.41) is 0. The molecule has 0 heterocycles. The van der Waals surface area contributed by atoms with E-state index in [1.54, 1.807) is 24.3 Å². The fourth-order valence-corrected chi connectivity index (χ4v) is 4.58. The summed E-state index contributed by atoms with van der Waals surface area (Å²) < 4.78 is 70.5. The summed E-state index contributed by atoms with van der Waals surface area (Å²) in [6.07, 6.45) is 1.01. The summed E-state index contributed by atoms with van der Waals surface area (Å²) in [7, 11) is -0.482. The summed E-state index contributed by atoms with van der Waals surface area (Å²) in [6, 6.07) is 10.1. The fourth-order valence-electron chi connectivity index (χ4n) is 3.39. The molecule has 0 atom stereocenters. The van der Waals surface area contributed by atoms with E-state index in [9.17, 15) is 21.6 Å². The number of rotatable bonds is 13. The number of ether oxygens (including phenoxy) is 1. The molecule has 0 aliphatic heterocycles. The lowest BCUT2D eigenvalue weighted by molar-refractivity contribution is -0.137. The van der Waals surface area contributed by atoms with Crippen molar-refractivity contribution in [2.45, 2.75) is 50.1 Å². The van der Waals surface area contributed by atoms with E-state index in [4.69, 9.17) is 4.74 Å². The lowest BCUT2D eigenvalue weighted by Gasteiger charge is -2.20. The van der Waals surface area contributed by atoms with E-state index in [0.717, 1.165) is 60.9 Å². The molecule has 0 aliphatic carbocycles. The Labute approximate surface area is 195 Å². The van der Waals surface area contributed by atoms with E-state index in [1.165, 1.54) is 19.9 Å². The highest BCUT2D eigenvalue weighted by Crippen LogP contribution is 2.31. The molecule has 0 radical (unpaired) electrons. The maximum Gasteiger partial charge on any atom is 0.416 e. The maximum atomic E-state index is 12.8. The van der Waals surface area contributed by atoms with Gasteiger partial charge in [0.2, 0.25) is 0 Å². The zero-order chi connectivity index (χ0) is 24.5. The predicted octanol–water partition coefficient (Wildman–Crippen LogP) is 5.81. The molecule has 33 heavy (non-hydrogen) atoms. The minimum atomic E-state index is -4.52. The van der Waals surface area contributed by atoms with Crippen molar-refractivity contribution in [3.8, 4) is 5.75 Å². The van der Waals surface area contributed by atoms with Crippen LogP contribution in [-0.4, -0.2) is 47.1 Å². The first-order chi connectivity index (χ1) is 15.6. The number of sulfonamides is 1. The first kappa shape index (κ1) is 27.0. The lowest BCUT2D eigenvalue weighted by Crippen LogP contribution is -2.26. The summed E-state index contributed by atoms with van der Waals surface area (Å²) in [5.74, 6) is 0.641. The Hall–Kier alpha value is -2.26. The molecule has 5 nitrogen and oxygen atoms in total. The number of unbranched alkanes of at least 4 members (excludes halogenated alkanes) is 3. The van der Waals surface area contributed by atoms with Crippen LogP contribution in [0.3, 0.4) is 0 Å². The van der Waals surface area contributed by atoms with Crippen molar-refractivity contribution in [3.05, 3.63) is 54.1 Å². The Morgan fingerprint density at radius 3 is 2.03 bits per heavy atom. The maximum absolute atomic E-state index is 12.8. The highest BCUT2D eigenvalue weighted by molar-refractivity contribution is 7.92. The number of benzene rings is 2. The molecule has 0 saturated carbocycles. The van der Waals surface area contributed by atoms with Gasteiger partial charge in [-0.2, -0.15) is 13.2 Å². The average Bonchev–Trinajstić information content (AvgIpc) is 2.78. The van der Waals surface area contributed by atoms with E-state index in [-0.39, 0.29) is 4.90 Å². The molecular weight excluding hydrogens is 453 g/mol. The monoisotopic (exact) mass is 486 g/mol. The van der Waals surface area contributed by atoms with Gasteiger partial charge in [-0.25, -0.2) is 8.42 Å². The van der Waals surface area contributed by atoms with Gasteiger partial charge in [0.25, 0.3) is 10.0 Å². The SMILES string of the molecule is CCCN(C)CCCCCCOc1ccc(N(C)S(=O)(=O)c2ccc(C(F)(F)F)cc2)cc1. The second-order valence-corrected chi connectivity index (χ2v) is 10.0. The standard InChI is InChI=1S/C24H33F3N2O3S/c1-4-17-28(2)18-7-5-6-8-19-32-22-13-11-21(12-14-22)29(3)33(30,31)23-15-9-20(10-16-23)24(25,26)27/h9-16H,4-8,17-19H2,1-3H3. The zero-order valence-electron chi connectivity index (χ0n) is 19.4. The van der Waals surface area contributed by atoms with E-state index < -0.39 is 21.8 Å². The van der Waals surface area contributed by atoms with Crippen molar-refractivity contribution in [2.75, 3.05) is 38.1 Å². The van der Waals surface area contributed by atoms with Crippen molar-refractivity contribution >= 4 is 15.7 Å². The molecule has 0 unspecified atom stereocenters. The van der Waals surface area contributed by atoms with Crippen molar-refractivity contribution in [1.29, 1.82) is 0 Å². The molecule has 184 valence electrons. The number of nitrogens with zero attached hydrogens (tertiary/aromatic N) is 2. The van der Waals surface area contributed by atoms with Crippen LogP contribution in [0, 0.1) is 0 Å². The molecule has 0 spiro atoms. The van der Waals surface area contributed by atoms with Crippen molar-refractivity contribution in [2.24, 2.45) is 0 Å². The van der Waals surface area contributed by atoms with Crippen LogP contribution >= 0.6 is 0 Å². The van der Waals surface area contributed by atoms with Crippen molar-refractivity contribution in [1.82, 2.24) is 4.90 Å². The van der Waals surface area contributed by atoms with Gasteiger partial charge in [0.05, 0.1) is 22.8 Å². The third-order valence-electron chi connectivity index (χ3n) is 5.35. The van der Waals surface area contributed by atoms with E-state index >= 15 is 0 Å². The molecule has 0 amide bonds. The van der Waals surface area contributed by atoms with Gasteiger partial charge >= 0.3 is 6.18 Å². The third kappa shape index (κ3) is 8.23. The zero-order valence-corrected chi connectivity index (χ0v) is 20.3. The van der Waals surface area contributed by atoms with Crippen molar-refractivity contribution in [3.63, 3.8) is 0 Å². The lowest BCUT2D eigenvalue weighted by atomic mass is 10.2. The van der Waals surface area contributed by atoms with Gasteiger partial charge in [0.15, 0.2) is 0 Å². The van der Waals surface area contributed by atoms with Gasteiger partial charge in [-0.3, -0.25) is 4.31 Å². The van der Waals surface area contributed by atoms with Crippen LogP contribution in [-0.2, 0) is 16.2 Å². The Bertz CT molecular complexity index is 946. The number of hydrogen-bond donors (Lipinski definition) is 0. The second kappa shape index (κ2) is 12.3. The van der Waals surface area contributed by atoms with Crippen LogP contribution < -0.4 is 9.04 Å². The van der Waals surface area contributed by atoms with Crippen LogP contribution in [0.15, 0.2) is 53.4 Å². The summed E-state index contributed by atoms with van der Waals surface area (Å²) >= 11 is 0. The molecule has 0 fully saturated rings. The van der Waals surface area contributed by atoms with Gasteiger partial charge in [0.1, 0.15) is 5.75 Å². The van der Waals surface area contributed by atoms with Crippen molar-refractivity contribution < 1.29 is 26.3 Å². The Balaban J connectivity index is 1.83. The summed E-state index contributed by atoms with van der Waals surface area (Å²) in [5.41, 5.74) is -0.507. The number of anilines is 1. The highest BCUT2D eigenvalue weighted by Gasteiger charge is 2.31. The van der Waals surface area contributed by atoms with Gasteiger partial charge in [0, 0.05) is 7.05 Å². The first-order valence-corrected chi connectivity index (χ1v) is 12.6. The summed E-state index contributed by atoms with van der Waals surface area (Å²) in [6.45, 7) is 5.00. The molecule has 9 heteroatoms. The molecular formula is C24H33F3N2O3S. The normalized spacial score (nSPS) is 12.2. The van der Waals surface area contributed by atoms with E-state index in [1.807, 2.05) is 0 Å². The summed E-state index contributed by atoms with van der Waals surface area (Å²) in [4.78, 5) is 2.13. The van der Waals surface area contributed by atoms with Crippen LogP contribution in [0.25, 0.3) is 0 Å². The van der Waals surface area contributed by atoms with E-state index in [2.05, 4.69) is 18.9 Å². The predicted molar refractivity (Wildman–Crippen MR) is 125 cm³/mol. The van der Waals surface area contributed by atoms with Crippen LogP contribution in [0.1, 0.15) is 44.6 Å². The van der Waals surface area contributed by atoms with Gasteiger partial charge in [-0.05, 0) is 87.9 Å². The Morgan fingerprint density at radius 1 is 0.848 bits per heavy atom. The molecule has 0 bridgehead atoms. The largest absolute Gasteiger partial charge is 0.494 e. The number of hydrogen-bond acceptors (Lipinski definition) is 4. The third-order valence-corrected chi connectivity index (χ3v) is 7.15. The quantitative estimate of drug-likeness (QED) is 0.335. The number of alkyl halides is 3. The molecule has 0 aromatic heterocycles. The van der Waals surface area contributed by atoms with Crippen LogP contribution in [0.4, 0.5) is 18.9 Å². The van der Waals surface area contributed by atoms with Gasteiger partial charge < -0.3 is 9.64 Å². The molecule has 0 aliphatic rings. The number of halogens is 3. The Morgan fingerprint density at radius 2 is 1.45 bits per heavy atom. The van der Waals surface area contributed by atoms with Gasteiger partial charge in [-0.15, -0.1) is 0 Å². The Kier molecular flexibility index (Phi) is 10.0. The molecule has 2 aromatic rings. The first-order valence-electron chi connectivity index (χ1n) is 11.1. The molecule has 2 aromatic carbocycles. The molecule has 2 rings (SSSR count). The average molecular weight is 487 g/mol. The second-order valence-electron chi connectivity index (χ2n) is 8.05. The molecule has 0 saturated heterocycles. The minimum Gasteiger partial charge on any atom is -0.494 e. The highest BCUT2D eigenvalue weighted by atomic mass is 32.2. The minimum absolute atomic E-state index is 0.209. The fraction of sp³-hybridized carbons (Fsp3) is 0.500. The van der Waals surface area contributed by atoms with Gasteiger partial charge in [-0.1, -0.05) is 19.8 Å². The van der Waals surface area contributed by atoms with E-state index in [0.29, 0.717) is 18.0 Å². The topological polar surface area (TPSA) is 49.9 Å². The van der Waals surface area contributed by atoms with Crippen LogP contribution in [0.2, 0.25) is 0 Å². The smallest absolute Gasteiger partial charge is 0.416 e. The molecule has 0 N–H and O–H groups in total. The van der Waals surface area contributed by atoms with Crippen LogP contribution in [0.5, 0.6) is 5.75 Å².